The molecule has 3 aromatic rings. The summed E-state index contributed by atoms with van der Waals surface area (Å²) in [6, 6.07) is 9.19. The highest BCUT2D eigenvalue weighted by Crippen LogP contribution is 2.47. The van der Waals surface area contributed by atoms with E-state index >= 15 is 4.39 Å². The fraction of sp³-hybridized carbons (Fsp3) is 0.459. The van der Waals surface area contributed by atoms with Crippen molar-refractivity contribution >= 4 is 11.9 Å². The van der Waals surface area contributed by atoms with Gasteiger partial charge in [0.25, 0.3) is 5.91 Å². The number of aliphatic carboxylic acids is 1. The van der Waals surface area contributed by atoms with Crippen molar-refractivity contribution in [2.45, 2.75) is 105 Å². The number of nitrogens with zero attached hydrogens (tertiary/aromatic N) is 1. The van der Waals surface area contributed by atoms with E-state index in [9.17, 15) is 14.7 Å². The number of carboxylic acids is 1. The van der Waals surface area contributed by atoms with Gasteiger partial charge in [0.1, 0.15) is 0 Å². The third-order valence-corrected chi connectivity index (χ3v) is 8.93. The highest BCUT2D eigenvalue weighted by molar-refractivity contribution is 5.97. The first-order valence-electron chi connectivity index (χ1n) is 15.4. The number of benzene rings is 3. The maximum absolute atomic E-state index is 15.6. The first-order valence-corrected chi connectivity index (χ1v) is 15.4. The second kappa shape index (κ2) is 11.3. The Morgan fingerprint density at radius 1 is 0.955 bits per heavy atom. The molecule has 0 spiro atoms. The Labute approximate surface area is 260 Å². The molecule has 0 radical (unpaired) electrons. The van der Waals surface area contributed by atoms with Crippen molar-refractivity contribution in [2.24, 2.45) is 0 Å². The van der Waals surface area contributed by atoms with Crippen molar-refractivity contribution in [2.75, 3.05) is 6.61 Å². The van der Waals surface area contributed by atoms with Gasteiger partial charge in [0, 0.05) is 29.8 Å². The SMILES string of the molecule is Cc1c(-c2c(C)c3c(c(C)c2[C@H](OC(C)(C)C)C(=O)O)CN(C(=O)c2ccccc2C(C)(C)C)C3)cc(F)c2c1CCCO2. The van der Waals surface area contributed by atoms with E-state index < -0.39 is 23.5 Å². The molecule has 1 N–H and O–H groups in total. The van der Waals surface area contributed by atoms with Crippen LogP contribution in [-0.2, 0) is 34.5 Å². The molecule has 5 rings (SSSR count). The van der Waals surface area contributed by atoms with Gasteiger partial charge in [-0.2, -0.15) is 0 Å². The molecule has 234 valence electrons. The molecule has 0 saturated heterocycles. The number of ether oxygens (including phenoxy) is 2. The summed E-state index contributed by atoms with van der Waals surface area (Å²) >= 11 is 0. The van der Waals surface area contributed by atoms with Gasteiger partial charge in [0.2, 0.25) is 0 Å². The van der Waals surface area contributed by atoms with Crippen LogP contribution < -0.4 is 4.74 Å². The van der Waals surface area contributed by atoms with E-state index in [0.717, 1.165) is 45.4 Å². The van der Waals surface area contributed by atoms with Crippen LogP contribution in [0.25, 0.3) is 11.1 Å². The number of halogens is 1. The maximum Gasteiger partial charge on any atom is 0.337 e. The third-order valence-electron chi connectivity index (χ3n) is 8.93. The van der Waals surface area contributed by atoms with Crippen molar-refractivity contribution in [3.63, 3.8) is 0 Å². The number of carbonyl (C=O) groups is 2. The zero-order valence-corrected chi connectivity index (χ0v) is 27.4. The van der Waals surface area contributed by atoms with Crippen LogP contribution in [0.1, 0.15) is 109 Å². The van der Waals surface area contributed by atoms with Gasteiger partial charge in [0.15, 0.2) is 17.7 Å². The summed E-state index contributed by atoms with van der Waals surface area (Å²) in [5.74, 6) is -1.36. The minimum atomic E-state index is -1.30. The van der Waals surface area contributed by atoms with Crippen LogP contribution in [0.2, 0.25) is 0 Å². The summed E-state index contributed by atoms with van der Waals surface area (Å²) < 4.78 is 27.6. The van der Waals surface area contributed by atoms with E-state index in [1.54, 1.807) is 0 Å². The summed E-state index contributed by atoms with van der Waals surface area (Å²) in [6.07, 6.45) is 0.166. The fourth-order valence-electron chi connectivity index (χ4n) is 6.84. The first kappa shape index (κ1) is 31.7. The molecule has 1 atom stereocenters. The highest BCUT2D eigenvalue weighted by Gasteiger charge is 2.38. The molecule has 0 fully saturated rings. The average Bonchev–Trinajstić information content (AvgIpc) is 3.41. The maximum atomic E-state index is 15.6. The molecule has 2 aliphatic heterocycles. The van der Waals surface area contributed by atoms with Gasteiger partial charge in [-0.1, -0.05) is 39.0 Å². The topological polar surface area (TPSA) is 76.1 Å². The van der Waals surface area contributed by atoms with Gasteiger partial charge in [-0.3, -0.25) is 4.79 Å². The van der Waals surface area contributed by atoms with Crippen molar-refractivity contribution in [1.29, 1.82) is 0 Å². The predicted octanol–water partition coefficient (Wildman–Crippen LogP) is 8.14. The molecule has 0 saturated carbocycles. The molecular formula is C37H44FNO5. The zero-order valence-electron chi connectivity index (χ0n) is 27.4. The van der Waals surface area contributed by atoms with Gasteiger partial charge < -0.3 is 19.5 Å². The van der Waals surface area contributed by atoms with Crippen molar-refractivity contribution in [3.8, 4) is 16.9 Å². The Morgan fingerprint density at radius 2 is 1.59 bits per heavy atom. The molecule has 0 unspecified atom stereocenters. The van der Waals surface area contributed by atoms with E-state index in [4.69, 9.17) is 9.47 Å². The Hall–Kier alpha value is -3.71. The van der Waals surface area contributed by atoms with Crippen LogP contribution in [-0.4, -0.2) is 34.1 Å². The zero-order chi connectivity index (χ0) is 32.3. The van der Waals surface area contributed by atoms with E-state index in [0.29, 0.717) is 48.4 Å². The second-order valence-electron chi connectivity index (χ2n) is 14.2. The summed E-state index contributed by atoms with van der Waals surface area (Å²) in [5.41, 5.74) is 7.62. The molecule has 6 nitrogen and oxygen atoms in total. The molecule has 1 amide bonds. The van der Waals surface area contributed by atoms with Crippen LogP contribution in [0.4, 0.5) is 4.39 Å². The number of carbonyl (C=O) groups excluding carboxylic acids is 1. The lowest BCUT2D eigenvalue weighted by Gasteiger charge is -2.31. The smallest absolute Gasteiger partial charge is 0.337 e. The average molecular weight is 602 g/mol. The largest absolute Gasteiger partial charge is 0.490 e. The highest BCUT2D eigenvalue weighted by atomic mass is 19.1. The number of hydrogen-bond donors (Lipinski definition) is 1. The summed E-state index contributed by atoms with van der Waals surface area (Å²) in [6.45, 7) is 18.8. The first-order chi connectivity index (χ1) is 20.5. The summed E-state index contributed by atoms with van der Waals surface area (Å²) in [4.78, 5) is 28.8. The van der Waals surface area contributed by atoms with Crippen molar-refractivity contribution < 1.29 is 28.6 Å². The van der Waals surface area contributed by atoms with Crippen LogP contribution in [0.3, 0.4) is 0 Å². The van der Waals surface area contributed by atoms with Crippen LogP contribution in [0.5, 0.6) is 5.75 Å². The number of fused-ring (bicyclic) bond motifs is 2. The third kappa shape index (κ3) is 5.63. The second-order valence-corrected chi connectivity index (χ2v) is 14.2. The molecule has 44 heavy (non-hydrogen) atoms. The Kier molecular flexibility index (Phi) is 8.17. The lowest BCUT2D eigenvalue weighted by molar-refractivity contribution is -0.160. The van der Waals surface area contributed by atoms with Gasteiger partial charge in [-0.15, -0.1) is 0 Å². The number of carboxylic acid groups (broad SMARTS) is 1. The quantitative estimate of drug-likeness (QED) is 0.320. The minimum absolute atomic E-state index is 0.0671. The molecule has 2 heterocycles. The van der Waals surface area contributed by atoms with Gasteiger partial charge in [-0.05, 0) is 116 Å². The minimum Gasteiger partial charge on any atom is -0.490 e. The van der Waals surface area contributed by atoms with Crippen LogP contribution in [0.15, 0.2) is 30.3 Å². The van der Waals surface area contributed by atoms with Crippen molar-refractivity contribution in [1.82, 2.24) is 4.90 Å². The van der Waals surface area contributed by atoms with Crippen LogP contribution in [0, 0.1) is 26.6 Å². The summed E-state index contributed by atoms with van der Waals surface area (Å²) in [7, 11) is 0. The van der Waals surface area contributed by atoms with Gasteiger partial charge in [-0.25, -0.2) is 9.18 Å². The molecule has 0 aromatic heterocycles. The molecule has 3 aromatic carbocycles. The molecule has 7 heteroatoms. The molecule has 0 aliphatic carbocycles. The normalized spacial score (nSPS) is 15.5. The number of hydrogen-bond acceptors (Lipinski definition) is 4. The van der Waals surface area contributed by atoms with Crippen molar-refractivity contribution in [3.05, 3.63) is 86.2 Å². The molecule has 0 bridgehead atoms. The predicted molar refractivity (Wildman–Crippen MR) is 170 cm³/mol. The molecule has 2 aliphatic rings. The van der Waals surface area contributed by atoms with Gasteiger partial charge >= 0.3 is 5.97 Å². The Balaban J connectivity index is 1.73. The fourth-order valence-corrected chi connectivity index (χ4v) is 6.84. The van der Waals surface area contributed by atoms with Gasteiger partial charge in [0.05, 0.1) is 12.2 Å². The monoisotopic (exact) mass is 601 g/mol. The summed E-state index contributed by atoms with van der Waals surface area (Å²) in [5, 5.41) is 10.6. The number of amides is 1. The number of rotatable bonds is 5. The van der Waals surface area contributed by atoms with E-state index in [-0.39, 0.29) is 17.1 Å². The Morgan fingerprint density at radius 3 is 2.20 bits per heavy atom. The van der Waals surface area contributed by atoms with Crippen LogP contribution >= 0.6 is 0 Å². The lowest BCUT2D eigenvalue weighted by Crippen LogP contribution is -2.29. The Bertz CT molecular complexity index is 1660. The standard InChI is InChI=1S/C37H44FNO5/c1-20-23-14-12-16-43-32(23)29(38)17-25(20)30-21(2)26-18-39(34(40)24-13-10-11-15-28(24)36(4,5)6)19-27(26)22(3)31(30)33(35(41)42)44-37(7,8)9/h10-11,13,15,17,33H,12,14,16,18-19H2,1-9H3,(H,41,42)/t33-/m0/s1. The molecular weight excluding hydrogens is 557 g/mol. The lowest BCUT2D eigenvalue weighted by atomic mass is 9.81. The van der Waals surface area contributed by atoms with E-state index in [1.807, 2.05) is 70.7 Å². The van der Waals surface area contributed by atoms with E-state index in [1.165, 1.54) is 6.07 Å². The van der Waals surface area contributed by atoms with E-state index in [2.05, 4.69) is 20.8 Å².